The number of halogens is 1. The van der Waals surface area contributed by atoms with Crippen LogP contribution in [0, 0.1) is 5.41 Å². The van der Waals surface area contributed by atoms with Crippen molar-refractivity contribution < 1.29 is 4.79 Å². The normalized spacial score (nSPS) is 17.2. The molecule has 106 valence electrons. The molecule has 0 aromatic heterocycles. The Morgan fingerprint density at radius 3 is 2.47 bits per heavy atom. The van der Waals surface area contributed by atoms with Gasteiger partial charge in [-0.3, -0.25) is 4.79 Å². The van der Waals surface area contributed by atoms with Gasteiger partial charge in [-0.2, -0.15) is 0 Å². The number of nitrogens with one attached hydrogen (secondary N) is 2. The van der Waals surface area contributed by atoms with Crippen LogP contribution in [0.1, 0.15) is 25.3 Å². The average molecular weight is 283 g/mol. The van der Waals surface area contributed by atoms with Crippen molar-refractivity contribution in [2.45, 2.75) is 32.2 Å². The standard InChI is InChI=1S/C15H22N2O.ClH/c1-12(16-2)11-17-14(18)15(8-9-15)10-13-6-4-3-5-7-13;/h3-7,12,16H,8-11H2,1-2H3,(H,17,18);1H. The number of benzene rings is 1. The summed E-state index contributed by atoms with van der Waals surface area (Å²) in [5.74, 6) is 0.216. The summed E-state index contributed by atoms with van der Waals surface area (Å²) in [5, 5.41) is 6.18. The summed E-state index contributed by atoms with van der Waals surface area (Å²) in [4.78, 5) is 12.2. The van der Waals surface area contributed by atoms with Crippen LogP contribution in [0.2, 0.25) is 0 Å². The number of rotatable bonds is 6. The zero-order chi connectivity index (χ0) is 13.0. The predicted octanol–water partition coefficient (Wildman–Crippen LogP) is 2.16. The predicted molar refractivity (Wildman–Crippen MR) is 80.6 cm³/mol. The quantitative estimate of drug-likeness (QED) is 0.839. The van der Waals surface area contributed by atoms with Crippen molar-refractivity contribution in [3.8, 4) is 0 Å². The molecule has 2 rings (SSSR count). The van der Waals surface area contributed by atoms with Crippen LogP contribution in [0.25, 0.3) is 0 Å². The SMILES string of the molecule is CNC(C)CNC(=O)C1(Cc2ccccc2)CC1.Cl. The minimum atomic E-state index is -0.130. The fourth-order valence-corrected chi connectivity index (χ4v) is 2.16. The van der Waals surface area contributed by atoms with Crippen LogP contribution < -0.4 is 10.6 Å². The lowest BCUT2D eigenvalue weighted by molar-refractivity contribution is -0.126. The first-order valence-corrected chi connectivity index (χ1v) is 6.66. The molecular weight excluding hydrogens is 260 g/mol. The molecule has 0 heterocycles. The van der Waals surface area contributed by atoms with E-state index in [2.05, 4.69) is 29.7 Å². The number of amides is 1. The van der Waals surface area contributed by atoms with Crippen molar-refractivity contribution in [2.75, 3.05) is 13.6 Å². The molecule has 1 aromatic rings. The number of hydrogen-bond donors (Lipinski definition) is 2. The smallest absolute Gasteiger partial charge is 0.226 e. The van der Waals surface area contributed by atoms with E-state index in [1.807, 2.05) is 25.2 Å². The van der Waals surface area contributed by atoms with Crippen molar-refractivity contribution >= 4 is 18.3 Å². The van der Waals surface area contributed by atoms with Gasteiger partial charge in [0.25, 0.3) is 0 Å². The zero-order valence-corrected chi connectivity index (χ0v) is 12.4. The summed E-state index contributed by atoms with van der Waals surface area (Å²) in [6, 6.07) is 10.6. The second-order valence-electron chi connectivity index (χ2n) is 5.34. The number of carbonyl (C=O) groups is 1. The lowest BCUT2D eigenvalue weighted by Gasteiger charge is -2.17. The molecule has 1 aliphatic rings. The van der Waals surface area contributed by atoms with Gasteiger partial charge in [-0.15, -0.1) is 12.4 Å². The molecule has 1 aliphatic carbocycles. The summed E-state index contributed by atoms with van der Waals surface area (Å²) in [7, 11) is 1.91. The first kappa shape index (κ1) is 16.0. The maximum absolute atomic E-state index is 12.2. The molecule has 0 radical (unpaired) electrons. The first-order chi connectivity index (χ1) is 8.66. The van der Waals surface area contributed by atoms with Gasteiger partial charge in [0, 0.05) is 12.6 Å². The van der Waals surface area contributed by atoms with E-state index < -0.39 is 0 Å². The minimum absolute atomic E-state index is 0. The van der Waals surface area contributed by atoms with Gasteiger partial charge in [-0.1, -0.05) is 30.3 Å². The Morgan fingerprint density at radius 1 is 1.32 bits per heavy atom. The largest absolute Gasteiger partial charge is 0.354 e. The molecule has 0 aliphatic heterocycles. The van der Waals surface area contributed by atoms with E-state index >= 15 is 0 Å². The Morgan fingerprint density at radius 2 is 1.95 bits per heavy atom. The van der Waals surface area contributed by atoms with Gasteiger partial charge in [0.15, 0.2) is 0 Å². The van der Waals surface area contributed by atoms with Gasteiger partial charge in [-0.25, -0.2) is 0 Å². The molecule has 0 saturated heterocycles. The lowest BCUT2D eigenvalue weighted by Crippen LogP contribution is -2.41. The zero-order valence-electron chi connectivity index (χ0n) is 11.6. The van der Waals surface area contributed by atoms with Crippen LogP contribution in [0.3, 0.4) is 0 Å². The topological polar surface area (TPSA) is 41.1 Å². The van der Waals surface area contributed by atoms with E-state index in [-0.39, 0.29) is 23.7 Å². The molecule has 1 aromatic carbocycles. The molecular formula is C15H23ClN2O. The van der Waals surface area contributed by atoms with E-state index in [1.165, 1.54) is 5.56 Å². The van der Waals surface area contributed by atoms with Gasteiger partial charge in [0.2, 0.25) is 5.91 Å². The summed E-state index contributed by atoms with van der Waals surface area (Å²) in [6.07, 6.45) is 2.90. The van der Waals surface area contributed by atoms with Crippen LogP contribution in [0.5, 0.6) is 0 Å². The Balaban J connectivity index is 0.00000180. The highest BCUT2D eigenvalue weighted by atomic mass is 35.5. The monoisotopic (exact) mass is 282 g/mol. The van der Waals surface area contributed by atoms with E-state index in [9.17, 15) is 4.79 Å². The minimum Gasteiger partial charge on any atom is -0.354 e. The maximum atomic E-state index is 12.2. The van der Waals surface area contributed by atoms with Crippen molar-refractivity contribution in [1.29, 1.82) is 0 Å². The fraction of sp³-hybridized carbons (Fsp3) is 0.533. The highest BCUT2D eigenvalue weighted by Gasteiger charge is 2.49. The molecule has 2 N–H and O–H groups in total. The summed E-state index contributed by atoms with van der Waals surface area (Å²) in [5.41, 5.74) is 1.13. The van der Waals surface area contributed by atoms with Crippen LogP contribution in [0.15, 0.2) is 30.3 Å². The Bertz CT molecular complexity index is 404. The number of carbonyl (C=O) groups excluding carboxylic acids is 1. The Hall–Kier alpha value is -1.06. The van der Waals surface area contributed by atoms with E-state index in [0.717, 1.165) is 19.3 Å². The highest BCUT2D eigenvalue weighted by molar-refractivity contribution is 5.85. The van der Waals surface area contributed by atoms with E-state index in [4.69, 9.17) is 0 Å². The second-order valence-corrected chi connectivity index (χ2v) is 5.34. The highest BCUT2D eigenvalue weighted by Crippen LogP contribution is 2.48. The third-order valence-electron chi connectivity index (χ3n) is 3.78. The van der Waals surface area contributed by atoms with Gasteiger partial charge in [0.05, 0.1) is 5.41 Å². The first-order valence-electron chi connectivity index (χ1n) is 6.66. The molecule has 0 bridgehead atoms. The summed E-state index contributed by atoms with van der Waals surface area (Å²) < 4.78 is 0. The molecule has 4 heteroatoms. The number of likely N-dealkylation sites (N-methyl/N-ethyl adjacent to an activating group) is 1. The third kappa shape index (κ3) is 4.22. The second kappa shape index (κ2) is 6.92. The molecule has 1 atom stereocenters. The number of hydrogen-bond acceptors (Lipinski definition) is 2. The van der Waals surface area contributed by atoms with Crippen LogP contribution in [0.4, 0.5) is 0 Å². The molecule has 1 unspecified atom stereocenters. The van der Waals surface area contributed by atoms with Crippen molar-refractivity contribution in [2.24, 2.45) is 5.41 Å². The summed E-state index contributed by atoms with van der Waals surface area (Å²) in [6.45, 7) is 2.77. The molecule has 1 saturated carbocycles. The molecule has 0 spiro atoms. The van der Waals surface area contributed by atoms with E-state index in [0.29, 0.717) is 12.6 Å². The Labute approximate surface area is 121 Å². The molecule has 1 amide bonds. The third-order valence-corrected chi connectivity index (χ3v) is 3.78. The average Bonchev–Trinajstić information content (AvgIpc) is 3.17. The van der Waals surface area contributed by atoms with Gasteiger partial charge < -0.3 is 10.6 Å². The van der Waals surface area contributed by atoms with Gasteiger partial charge >= 0.3 is 0 Å². The molecule has 1 fully saturated rings. The lowest BCUT2D eigenvalue weighted by atomic mass is 9.95. The van der Waals surface area contributed by atoms with Crippen LogP contribution in [-0.4, -0.2) is 25.5 Å². The van der Waals surface area contributed by atoms with Crippen LogP contribution in [-0.2, 0) is 11.2 Å². The van der Waals surface area contributed by atoms with Gasteiger partial charge in [-0.05, 0) is 38.8 Å². The summed E-state index contributed by atoms with van der Waals surface area (Å²) >= 11 is 0. The fourth-order valence-electron chi connectivity index (χ4n) is 2.16. The van der Waals surface area contributed by atoms with Crippen molar-refractivity contribution in [3.05, 3.63) is 35.9 Å². The van der Waals surface area contributed by atoms with Crippen molar-refractivity contribution in [1.82, 2.24) is 10.6 Å². The Kier molecular flexibility index (Phi) is 5.83. The molecule has 19 heavy (non-hydrogen) atoms. The van der Waals surface area contributed by atoms with E-state index in [1.54, 1.807) is 0 Å². The van der Waals surface area contributed by atoms with Crippen molar-refractivity contribution in [3.63, 3.8) is 0 Å². The molecule has 3 nitrogen and oxygen atoms in total. The van der Waals surface area contributed by atoms with Crippen LogP contribution >= 0.6 is 12.4 Å². The van der Waals surface area contributed by atoms with Gasteiger partial charge in [0.1, 0.15) is 0 Å². The maximum Gasteiger partial charge on any atom is 0.226 e.